The van der Waals surface area contributed by atoms with Crippen molar-refractivity contribution < 1.29 is 36.5 Å². The van der Waals surface area contributed by atoms with Crippen LogP contribution in [0.25, 0.3) is 22.6 Å². The molecule has 5 aromatic rings. The van der Waals surface area contributed by atoms with Crippen molar-refractivity contribution in [3.05, 3.63) is 114 Å². The number of hydrogen-bond acceptors (Lipinski definition) is 6. The molecular weight excluding hydrogens is 638 g/mol. The number of methoxy groups -OCH3 is 1. The monoisotopic (exact) mass is 675 g/mol. The second-order valence-corrected chi connectivity index (χ2v) is 11.8. The lowest BCUT2D eigenvalue weighted by Gasteiger charge is -2.25. The van der Waals surface area contributed by atoms with E-state index in [1.807, 2.05) is 72.8 Å². The molecule has 0 bridgehead atoms. The molecule has 49 heavy (non-hydrogen) atoms. The van der Waals surface area contributed by atoms with Crippen LogP contribution in [-0.4, -0.2) is 40.9 Å². The van der Waals surface area contributed by atoms with Crippen molar-refractivity contribution in [1.29, 1.82) is 0 Å². The van der Waals surface area contributed by atoms with Crippen LogP contribution in [0.2, 0.25) is 0 Å². The topological polar surface area (TPSA) is 58.0 Å². The Morgan fingerprint density at radius 2 is 1.53 bits per heavy atom. The van der Waals surface area contributed by atoms with Crippen molar-refractivity contribution in [1.82, 2.24) is 14.5 Å². The molecule has 2 heterocycles. The number of rotatable bonds is 15. The minimum atomic E-state index is -4.62. The fourth-order valence-electron chi connectivity index (χ4n) is 5.86. The molecule has 1 aliphatic heterocycles. The second kappa shape index (κ2) is 15.0. The van der Waals surface area contributed by atoms with Crippen LogP contribution in [0.3, 0.4) is 0 Å². The molecule has 0 spiro atoms. The lowest BCUT2D eigenvalue weighted by Crippen LogP contribution is -2.33. The van der Waals surface area contributed by atoms with Gasteiger partial charge in [0.2, 0.25) is 6.79 Å². The number of aromatic nitrogens is 2. The summed E-state index contributed by atoms with van der Waals surface area (Å²) in [5, 5.41) is 0. The molecule has 256 valence electrons. The van der Waals surface area contributed by atoms with Crippen LogP contribution >= 0.6 is 0 Å². The van der Waals surface area contributed by atoms with E-state index >= 15 is 0 Å². The number of hydrogen-bond donors (Lipinski definition) is 0. The van der Waals surface area contributed by atoms with Crippen molar-refractivity contribution in [2.75, 3.05) is 13.9 Å². The highest BCUT2D eigenvalue weighted by Crippen LogP contribution is 2.36. The lowest BCUT2D eigenvalue weighted by atomic mass is 10.1. The standard InChI is InChI=1S/C38H37F4N3O4/c1-3-4-18-45-32(35(29-13-9-14-30(21-29)46-2)43-36(45)28-11-6-5-7-12-28)24-44(23-27-16-17-33-34(20-27)48-25-47-33)22-26-10-8-15-31(19-26)49-38(41,42)37(39)40/h5-17,19-21,37H,3-4,18,22-25H2,1-2H3. The van der Waals surface area contributed by atoms with Gasteiger partial charge in [-0.05, 0) is 53.9 Å². The average molecular weight is 676 g/mol. The zero-order chi connectivity index (χ0) is 34.4. The Balaban J connectivity index is 1.44. The van der Waals surface area contributed by atoms with Gasteiger partial charge in [-0.15, -0.1) is 0 Å². The van der Waals surface area contributed by atoms with Crippen molar-refractivity contribution >= 4 is 0 Å². The SMILES string of the molecule is CCCCn1c(-c2ccccc2)nc(-c2cccc(OC)c2)c1CN(Cc1cccc(OC(F)(F)C(F)F)c1)Cc1ccc2c(c1)OCO2. The number of alkyl halides is 4. The first kappa shape index (κ1) is 33.9. The largest absolute Gasteiger partial charge is 0.497 e. The molecule has 0 aliphatic carbocycles. The molecule has 1 aromatic heterocycles. The summed E-state index contributed by atoms with van der Waals surface area (Å²) in [5.41, 5.74) is 5.15. The summed E-state index contributed by atoms with van der Waals surface area (Å²) in [6.45, 7) is 4.12. The van der Waals surface area contributed by atoms with E-state index in [1.165, 1.54) is 18.2 Å². The van der Waals surface area contributed by atoms with Crippen molar-refractivity contribution in [3.8, 4) is 45.6 Å². The smallest absolute Gasteiger partial charge is 0.461 e. The number of nitrogens with zero attached hydrogens (tertiary/aromatic N) is 3. The lowest BCUT2D eigenvalue weighted by molar-refractivity contribution is -0.253. The van der Waals surface area contributed by atoms with Gasteiger partial charge in [0.25, 0.3) is 0 Å². The number of benzene rings is 4. The Morgan fingerprint density at radius 3 is 2.29 bits per heavy atom. The van der Waals surface area contributed by atoms with Crippen LogP contribution in [0, 0.1) is 0 Å². The van der Waals surface area contributed by atoms with Crippen LogP contribution in [0.4, 0.5) is 17.6 Å². The van der Waals surface area contributed by atoms with E-state index in [4.69, 9.17) is 19.2 Å². The van der Waals surface area contributed by atoms with E-state index in [0.29, 0.717) is 35.9 Å². The van der Waals surface area contributed by atoms with Gasteiger partial charge in [0.15, 0.2) is 11.5 Å². The van der Waals surface area contributed by atoms with Crippen LogP contribution in [0.15, 0.2) is 97.1 Å². The summed E-state index contributed by atoms with van der Waals surface area (Å²) in [4.78, 5) is 7.39. The van der Waals surface area contributed by atoms with E-state index in [2.05, 4.69) is 21.1 Å². The van der Waals surface area contributed by atoms with E-state index in [9.17, 15) is 17.6 Å². The maximum atomic E-state index is 13.8. The first-order chi connectivity index (χ1) is 23.7. The minimum absolute atomic E-state index is 0.140. The highest BCUT2D eigenvalue weighted by atomic mass is 19.3. The number of ether oxygens (including phenoxy) is 4. The molecule has 0 unspecified atom stereocenters. The van der Waals surface area contributed by atoms with Gasteiger partial charge in [-0.25, -0.2) is 4.98 Å². The zero-order valence-corrected chi connectivity index (χ0v) is 27.3. The van der Waals surface area contributed by atoms with E-state index in [0.717, 1.165) is 53.3 Å². The van der Waals surface area contributed by atoms with Crippen LogP contribution in [0.5, 0.6) is 23.0 Å². The van der Waals surface area contributed by atoms with Gasteiger partial charge in [-0.1, -0.05) is 74.0 Å². The van der Waals surface area contributed by atoms with Gasteiger partial charge in [0.05, 0.1) is 18.5 Å². The molecule has 0 saturated carbocycles. The molecule has 0 radical (unpaired) electrons. The predicted molar refractivity (Wildman–Crippen MR) is 178 cm³/mol. The van der Waals surface area contributed by atoms with Gasteiger partial charge in [-0.2, -0.15) is 17.6 Å². The summed E-state index contributed by atoms with van der Waals surface area (Å²) in [6, 6.07) is 29.4. The Morgan fingerprint density at radius 1 is 0.816 bits per heavy atom. The van der Waals surface area contributed by atoms with Crippen molar-refractivity contribution in [2.45, 2.75) is 58.5 Å². The van der Waals surface area contributed by atoms with Gasteiger partial charge in [0, 0.05) is 37.3 Å². The quantitative estimate of drug-likeness (QED) is 0.103. The minimum Gasteiger partial charge on any atom is -0.497 e. The van der Waals surface area contributed by atoms with E-state index in [1.54, 1.807) is 13.2 Å². The number of imidazole rings is 1. The Labute approximate surface area is 282 Å². The summed E-state index contributed by atoms with van der Waals surface area (Å²) in [6.07, 6.45) is -6.69. The molecular formula is C38H37F4N3O4. The Kier molecular flexibility index (Phi) is 10.4. The van der Waals surface area contributed by atoms with Crippen LogP contribution in [0.1, 0.15) is 36.6 Å². The second-order valence-electron chi connectivity index (χ2n) is 11.8. The van der Waals surface area contributed by atoms with Gasteiger partial charge in [-0.3, -0.25) is 4.90 Å². The summed E-state index contributed by atoms with van der Waals surface area (Å²) in [5.74, 6) is 2.48. The molecule has 0 N–H and O–H groups in total. The average Bonchev–Trinajstić information content (AvgIpc) is 3.72. The maximum Gasteiger partial charge on any atom is 0.461 e. The van der Waals surface area contributed by atoms with E-state index in [-0.39, 0.29) is 19.1 Å². The van der Waals surface area contributed by atoms with Gasteiger partial charge >= 0.3 is 12.5 Å². The molecule has 0 atom stereocenters. The molecule has 1 aliphatic rings. The fraction of sp³-hybridized carbons (Fsp3) is 0.289. The highest BCUT2D eigenvalue weighted by Gasteiger charge is 2.44. The van der Waals surface area contributed by atoms with Gasteiger partial charge < -0.3 is 23.5 Å². The molecule has 0 amide bonds. The molecule has 6 rings (SSSR count). The first-order valence-electron chi connectivity index (χ1n) is 16.1. The molecule has 11 heteroatoms. The third-order valence-electron chi connectivity index (χ3n) is 8.21. The van der Waals surface area contributed by atoms with E-state index < -0.39 is 12.5 Å². The zero-order valence-electron chi connectivity index (χ0n) is 27.3. The maximum absolute atomic E-state index is 13.8. The van der Waals surface area contributed by atoms with Crippen molar-refractivity contribution in [2.24, 2.45) is 0 Å². The van der Waals surface area contributed by atoms with Crippen LogP contribution in [-0.2, 0) is 26.2 Å². The number of unbranched alkanes of at least 4 members (excludes halogenated alkanes) is 1. The van der Waals surface area contributed by atoms with Crippen molar-refractivity contribution in [3.63, 3.8) is 0 Å². The number of fused-ring (bicyclic) bond motifs is 1. The third kappa shape index (κ3) is 8.00. The normalized spacial score (nSPS) is 12.6. The number of halogens is 4. The van der Waals surface area contributed by atoms with Gasteiger partial charge in [0.1, 0.15) is 17.3 Å². The summed E-state index contributed by atoms with van der Waals surface area (Å²) in [7, 11) is 1.62. The third-order valence-corrected chi connectivity index (χ3v) is 8.21. The molecule has 0 fully saturated rings. The highest BCUT2D eigenvalue weighted by molar-refractivity contribution is 5.69. The Bertz CT molecular complexity index is 1870. The molecule has 7 nitrogen and oxygen atoms in total. The van der Waals surface area contributed by atoms with Crippen LogP contribution < -0.4 is 18.9 Å². The Hall–Kier alpha value is -5.03. The summed E-state index contributed by atoms with van der Waals surface area (Å²) < 4.78 is 77.0. The molecule has 4 aromatic carbocycles. The fourth-order valence-corrected chi connectivity index (χ4v) is 5.86. The predicted octanol–water partition coefficient (Wildman–Crippen LogP) is 9.19. The summed E-state index contributed by atoms with van der Waals surface area (Å²) >= 11 is 0. The molecule has 0 saturated heterocycles. The first-order valence-corrected chi connectivity index (χ1v) is 16.1.